The highest BCUT2D eigenvalue weighted by Gasteiger charge is 2.00. The van der Waals surface area contributed by atoms with E-state index in [0.29, 0.717) is 0 Å². The highest BCUT2D eigenvalue weighted by atomic mass is 16.3. The van der Waals surface area contributed by atoms with Gasteiger partial charge in [-0.25, -0.2) is 0 Å². The Labute approximate surface area is 192 Å². The molecule has 0 bridgehead atoms. The van der Waals surface area contributed by atoms with Crippen LogP contribution in [0.3, 0.4) is 0 Å². The zero-order valence-electron chi connectivity index (χ0n) is 19.0. The number of allylic oxidation sites excluding steroid dienone is 4. The molecule has 0 heterocycles. The molecule has 0 unspecified atom stereocenters. The van der Waals surface area contributed by atoms with Crippen molar-refractivity contribution in [2.45, 2.75) is 77.0 Å². The summed E-state index contributed by atoms with van der Waals surface area (Å²) in [6.07, 6.45) is 22.0. The molecule has 0 aliphatic rings. The van der Waals surface area contributed by atoms with Crippen molar-refractivity contribution in [2.24, 2.45) is 0 Å². The predicted octanol–water partition coefficient (Wildman–Crippen LogP) is 7.31. The maximum Gasteiger partial charge on any atom is 0.119 e. The van der Waals surface area contributed by atoms with Crippen molar-refractivity contribution in [2.75, 3.05) is 0 Å². The van der Waals surface area contributed by atoms with E-state index in [1.54, 1.807) is 24.3 Å². The van der Waals surface area contributed by atoms with E-state index in [0.717, 1.165) is 75.3 Å². The van der Waals surface area contributed by atoms with Gasteiger partial charge in [0.05, 0.1) is 0 Å². The monoisotopic (exact) mass is 438 g/mol. The Bertz CT molecular complexity index is 814. The molecule has 0 saturated carbocycles. The lowest BCUT2D eigenvalue weighted by atomic mass is 10.0. The average molecular weight is 439 g/mol. The van der Waals surface area contributed by atoms with Crippen LogP contribution in [0.2, 0.25) is 0 Å². The largest absolute Gasteiger partial charge is 0.508 e. The van der Waals surface area contributed by atoms with E-state index in [2.05, 4.69) is 24.3 Å². The second kappa shape index (κ2) is 15.0. The van der Waals surface area contributed by atoms with Gasteiger partial charge in [0.2, 0.25) is 0 Å². The van der Waals surface area contributed by atoms with E-state index < -0.39 is 0 Å². The van der Waals surface area contributed by atoms with Gasteiger partial charge in [0.1, 0.15) is 23.0 Å². The lowest BCUT2D eigenvalue weighted by molar-refractivity contribution is 0.448. The molecule has 0 radical (unpaired) electrons. The van der Waals surface area contributed by atoms with E-state index in [4.69, 9.17) is 0 Å². The smallest absolute Gasteiger partial charge is 0.119 e. The molecule has 174 valence electrons. The SMILES string of the molecule is Oc1cc(O)cc(CCCCCC=CCC=CCCCCCCc2cc(O)cc(O)c2)c1. The molecule has 2 aromatic rings. The standard InChI is InChI=1S/C28H38O4/c29-25-17-23(18-26(30)21-25)15-13-11-9-7-5-3-1-2-4-6-8-10-12-14-16-24-19-27(31)22-28(32)20-24/h1,3-4,6,17-22,29-32H,2,5,7-16H2. The predicted molar refractivity (Wildman–Crippen MR) is 131 cm³/mol. The van der Waals surface area contributed by atoms with Crippen LogP contribution in [0.5, 0.6) is 23.0 Å². The van der Waals surface area contributed by atoms with Crippen LogP contribution in [0.4, 0.5) is 0 Å². The van der Waals surface area contributed by atoms with E-state index in [1.165, 1.54) is 25.0 Å². The quantitative estimate of drug-likeness (QED) is 0.174. The molecule has 32 heavy (non-hydrogen) atoms. The topological polar surface area (TPSA) is 80.9 Å². The lowest BCUT2D eigenvalue weighted by Gasteiger charge is -2.03. The molecule has 0 aliphatic carbocycles. The summed E-state index contributed by atoms with van der Waals surface area (Å²) in [4.78, 5) is 0. The van der Waals surface area contributed by atoms with E-state index in [1.807, 2.05) is 0 Å². The number of hydrogen-bond donors (Lipinski definition) is 4. The summed E-state index contributed by atoms with van der Waals surface area (Å²) >= 11 is 0. The van der Waals surface area contributed by atoms with Gasteiger partial charge >= 0.3 is 0 Å². The van der Waals surface area contributed by atoms with Crippen molar-refractivity contribution in [1.29, 1.82) is 0 Å². The number of rotatable bonds is 15. The van der Waals surface area contributed by atoms with Crippen molar-refractivity contribution >= 4 is 0 Å². The molecule has 4 nitrogen and oxygen atoms in total. The van der Waals surface area contributed by atoms with Gasteiger partial charge in [-0.15, -0.1) is 0 Å². The third kappa shape index (κ3) is 11.5. The van der Waals surface area contributed by atoms with Gasteiger partial charge in [-0.05, 0) is 93.2 Å². The van der Waals surface area contributed by atoms with Crippen molar-refractivity contribution in [3.8, 4) is 23.0 Å². The molecule has 2 aromatic carbocycles. The highest BCUT2D eigenvalue weighted by Crippen LogP contribution is 2.23. The first-order chi connectivity index (χ1) is 15.5. The number of aryl methyl sites for hydroxylation is 2. The lowest BCUT2D eigenvalue weighted by Crippen LogP contribution is -1.86. The van der Waals surface area contributed by atoms with Crippen LogP contribution in [0.25, 0.3) is 0 Å². The van der Waals surface area contributed by atoms with E-state index in [-0.39, 0.29) is 23.0 Å². The summed E-state index contributed by atoms with van der Waals surface area (Å²) in [5, 5.41) is 37.9. The first-order valence-corrected chi connectivity index (χ1v) is 11.9. The normalized spacial score (nSPS) is 11.6. The Kier molecular flexibility index (Phi) is 11.9. The third-order valence-electron chi connectivity index (χ3n) is 5.45. The Morgan fingerprint density at radius 3 is 1.25 bits per heavy atom. The van der Waals surface area contributed by atoms with Crippen LogP contribution in [-0.2, 0) is 12.8 Å². The van der Waals surface area contributed by atoms with Crippen LogP contribution < -0.4 is 0 Å². The fraction of sp³-hybridized carbons (Fsp3) is 0.429. The first kappa shape index (κ1) is 25.4. The number of hydrogen-bond acceptors (Lipinski definition) is 4. The number of phenolic OH excluding ortho intramolecular Hbond substituents is 4. The van der Waals surface area contributed by atoms with E-state index in [9.17, 15) is 20.4 Å². The molecule has 4 N–H and O–H groups in total. The van der Waals surface area contributed by atoms with Gasteiger partial charge in [-0.3, -0.25) is 0 Å². The fourth-order valence-corrected chi connectivity index (χ4v) is 3.82. The van der Waals surface area contributed by atoms with E-state index >= 15 is 0 Å². The molecule has 4 heteroatoms. The minimum Gasteiger partial charge on any atom is -0.508 e. The van der Waals surface area contributed by atoms with Crippen LogP contribution >= 0.6 is 0 Å². The molecular weight excluding hydrogens is 400 g/mol. The molecule has 0 spiro atoms. The van der Waals surface area contributed by atoms with Gasteiger partial charge in [-0.2, -0.15) is 0 Å². The molecule has 2 rings (SSSR count). The zero-order chi connectivity index (χ0) is 23.0. The van der Waals surface area contributed by atoms with Crippen LogP contribution in [0, 0.1) is 0 Å². The molecular formula is C28H38O4. The number of unbranched alkanes of at least 4 members (excludes halogenated alkanes) is 7. The van der Waals surface area contributed by atoms with Crippen molar-refractivity contribution < 1.29 is 20.4 Å². The second-order valence-corrected chi connectivity index (χ2v) is 8.45. The third-order valence-corrected chi connectivity index (χ3v) is 5.45. The van der Waals surface area contributed by atoms with Gasteiger partial charge < -0.3 is 20.4 Å². The summed E-state index contributed by atoms with van der Waals surface area (Å²) in [6, 6.07) is 9.60. The van der Waals surface area contributed by atoms with Crippen molar-refractivity contribution in [1.82, 2.24) is 0 Å². The van der Waals surface area contributed by atoms with Crippen molar-refractivity contribution in [3.63, 3.8) is 0 Å². The van der Waals surface area contributed by atoms with Gasteiger partial charge in [0.15, 0.2) is 0 Å². The summed E-state index contributed by atoms with van der Waals surface area (Å²) in [6.45, 7) is 0. The Hall–Kier alpha value is -2.88. The summed E-state index contributed by atoms with van der Waals surface area (Å²) in [7, 11) is 0. The molecule has 0 amide bonds. The Balaban J connectivity index is 1.40. The van der Waals surface area contributed by atoms with Gasteiger partial charge in [0.25, 0.3) is 0 Å². The molecule has 0 aliphatic heterocycles. The maximum absolute atomic E-state index is 9.49. The minimum atomic E-state index is 0.128. The summed E-state index contributed by atoms with van der Waals surface area (Å²) in [5.41, 5.74) is 1.98. The Morgan fingerprint density at radius 2 is 0.812 bits per heavy atom. The number of phenols is 4. The number of aromatic hydroxyl groups is 4. The molecule has 0 atom stereocenters. The van der Waals surface area contributed by atoms with Gasteiger partial charge in [0, 0.05) is 12.1 Å². The average Bonchev–Trinajstić information content (AvgIpc) is 2.72. The second-order valence-electron chi connectivity index (χ2n) is 8.45. The summed E-state index contributed by atoms with van der Waals surface area (Å²) < 4.78 is 0. The van der Waals surface area contributed by atoms with Crippen LogP contribution in [-0.4, -0.2) is 20.4 Å². The van der Waals surface area contributed by atoms with Gasteiger partial charge in [-0.1, -0.05) is 43.6 Å². The van der Waals surface area contributed by atoms with Crippen LogP contribution in [0.1, 0.15) is 75.3 Å². The number of benzene rings is 2. The maximum atomic E-state index is 9.49. The first-order valence-electron chi connectivity index (χ1n) is 11.9. The zero-order valence-corrected chi connectivity index (χ0v) is 19.0. The highest BCUT2D eigenvalue weighted by molar-refractivity contribution is 5.37. The molecule has 0 aromatic heterocycles. The molecule has 0 saturated heterocycles. The fourth-order valence-electron chi connectivity index (χ4n) is 3.82. The minimum absolute atomic E-state index is 0.128. The Morgan fingerprint density at radius 1 is 0.438 bits per heavy atom. The molecule has 0 fully saturated rings. The van der Waals surface area contributed by atoms with Crippen molar-refractivity contribution in [3.05, 3.63) is 71.8 Å². The van der Waals surface area contributed by atoms with Crippen LogP contribution in [0.15, 0.2) is 60.7 Å². The summed E-state index contributed by atoms with van der Waals surface area (Å²) in [5.74, 6) is 0.516.